The summed E-state index contributed by atoms with van der Waals surface area (Å²) >= 11 is 4.88. The van der Waals surface area contributed by atoms with Gasteiger partial charge in [-0.25, -0.2) is 0 Å². The average Bonchev–Trinajstić information content (AvgIpc) is 2.87. The van der Waals surface area contributed by atoms with Gasteiger partial charge in [0.05, 0.1) is 10.9 Å². The fraction of sp³-hybridized carbons (Fsp3) is 0.429. The molecular weight excluding hydrogens is 244 g/mol. The van der Waals surface area contributed by atoms with Crippen molar-refractivity contribution in [1.29, 1.82) is 0 Å². The van der Waals surface area contributed by atoms with E-state index in [2.05, 4.69) is 12.1 Å². The van der Waals surface area contributed by atoms with Gasteiger partial charge in [0.1, 0.15) is 0 Å². The van der Waals surface area contributed by atoms with E-state index in [1.165, 1.54) is 5.56 Å². The number of hydrogen-bond acceptors (Lipinski definition) is 2. The summed E-state index contributed by atoms with van der Waals surface area (Å²) in [6.07, 6.45) is 1.01. The smallest absolute Gasteiger partial charge is 0.232 e. The molecule has 2 N–H and O–H groups in total. The first-order valence-electron chi connectivity index (χ1n) is 6.22. The van der Waals surface area contributed by atoms with E-state index in [1.807, 2.05) is 23.1 Å². The number of nitrogens with zero attached hydrogens (tertiary/aromatic N) is 1. The number of hydrogen-bond donors (Lipinski definition) is 1. The standard InChI is InChI=1S/C14H18N2OS/c1-10(13(15)18)14(17)16-8-7-12(9-16)11-5-3-2-4-6-11/h2-6,10,12H,7-9H2,1H3,(H2,15,18). The van der Waals surface area contributed by atoms with Crippen molar-refractivity contribution in [3.05, 3.63) is 35.9 Å². The summed E-state index contributed by atoms with van der Waals surface area (Å²) in [5, 5.41) is 0. The van der Waals surface area contributed by atoms with Crippen molar-refractivity contribution in [3.63, 3.8) is 0 Å². The third-order valence-electron chi connectivity index (χ3n) is 3.57. The van der Waals surface area contributed by atoms with Crippen molar-refractivity contribution in [2.45, 2.75) is 19.3 Å². The molecule has 3 nitrogen and oxygen atoms in total. The van der Waals surface area contributed by atoms with E-state index in [0.29, 0.717) is 5.92 Å². The fourth-order valence-electron chi connectivity index (χ4n) is 2.35. The molecule has 1 aromatic carbocycles. The highest BCUT2D eigenvalue weighted by atomic mass is 32.1. The van der Waals surface area contributed by atoms with Crippen molar-refractivity contribution in [3.8, 4) is 0 Å². The van der Waals surface area contributed by atoms with Gasteiger partial charge < -0.3 is 10.6 Å². The van der Waals surface area contributed by atoms with Crippen LogP contribution in [0.2, 0.25) is 0 Å². The minimum atomic E-state index is -0.352. The lowest BCUT2D eigenvalue weighted by atomic mass is 9.99. The molecule has 1 heterocycles. The molecule has 1 saturated heterocycles. The van der Waals surface area contributed by atoms with E-state index in [0.717, 1.165) is 19.5 Å². The molecule has 0 saturated carbocycles. The van der Waals surface area contributed by atoms with Crippen molar-refractivity contribution in [1.82, 2.24) is 4.90 Å². The monoisotopic (exact) mass is 262 g/mol. The van der Waals surface area contributed by atoms with Crippen LogP contribution in [-0.2, 0) is 4.79 Å². The van der Waals surface area contributed by atoms with E-state index >= 15 is 0 Å². The molecule has 2 unspecified atom stereocenters. The quantitative estimate of drug-likeness (QED) is 0.847. The number of benzene rings is 1. The van der Waals surface area contributed by atoms with Crippen LogP contribution in [0.15, 0.2) is 30.3 Å². The lowest BCUT2D eigenvalue weighted by molar-refractivity contribution is -0.131. The molecule has 2 atom stereocenters. The zero-order valence-corrected chi connectivity index (χ0v) is 11.3. The van der Waals surface area contributed by atoms with Crippen molar-refractivity contribution in [2.75, 3.05) is 13.1 Å². The minimum Gasteiger partial charge on any atom is -0.393 e. The maximum atomic E-state index is 12.1. The van der Waals surface area contributed by atoms with Crippen LogP contribution in [0.4, 0.5) is 0 Å². The summed E-state index contributed by atoms with van der Waals surface area (Å²) in [6.45, 7) is 3.35. The molecule has 1 aliphatic rings. The first-order valence-corrected chi connectivity index (χ1v) is 6.63. The Labute approximate surface area is 113 Å². The normalized spacial score (nSPS) is 20.7. The fourth-order valence-corrected chi connectivity index (χ4v) is 2.45. The SMILES string of the molecule is CC(C(=O)N1CCC(c2ccccc2)C1)C(N)=S. The van der Waals surface area contributed by atoms with E-state index in [9.17, 15) is 4.79 Å². The highest BCUT2D eigenvalue weighted by Crippen LogP contribution is 2.27. The van der Waals surface area contributed by atoms with Crippen molar-refractivity contribution >= 4 is 23.1 Å². The predicted molar refractivity (Wildman–Crippen MR) is 76.3 cm³/mol. The lowest BCUT2D eigenvalue weighted by Gasteiger charge is -2.20. The third-order valence-corrected chi connectivity index (χ3v) is 3.92. The van der Waals surface area contributed by atoms with Gasteiger partial charge in [0.2, 0.25) is 5.91 Å². The average molecular weight is 262 g/mol. The van der Waals surface area contributed by atoms with Crippen LogP contribution in [0, 0.1) is 5.92 Å². The van der Waals surface area contributed by atoms with Crippen LogP contribution >= 0.6 is 12.2 Å². The van der Waals surface area contributed by atoms with Crippen LogP contribution in [0.1, 0.15) is 24.8 Å². The first-order chi connectivity index (χ1) is 8.59. The molecule has 0 aromatic heterocycles. The second-order valence-corrected chi connectivity index (χ2v) is 5.28. The van der Waals surface area contributed by atoms with Crippen LogP contribution in [0.25, 0.3) is 0 Å². The first kappa shape index (κ1) is 13.0. The van der Waals surface area contributed by atoms with E-state index in [4.69, 9.17) is 18.0 Å². The Balaban J connectivity index is 2.01. The molecule has 96 valence electrons. The van der Waals surface area contributed by atoms with Gasteiger partial charge in [-0.15, -0.1) is 0 Å². The molecule has 1 amide bonds. The number of thiocarbonyl (C=S) groups is 1. The molecular formula is C14H18N2OS. The topological polar surface area (TPSA) is 46.3 Å². The molecule has 0 radical (unpaired) electrons. The summed E-state index contributed by atoms with van der Waals surface area (Å²) in [6, 6.07) is 10.3. The lowest BCUT2D eigenvalue weighted by Crippen LogP contribution is -2.38. The number of carbonyl (C=O) groups is 1. The number of rotatable bonds is 3. The molecule has 2 rings (SSSR count). The summed E-state index contributed by atoms with van der Waals surface area (Å²) in [5.74, 6) is 0.143. The van der Waals surface area contributed by atoms with E-state index < -0.39 is 0 Å². The zero-order valence-electron chi connectivity index (χ0n) is 10.5. The molecule has 1 fully saturated rings. The predicted octanol–water partition coefficient (Wildman–Crippen LogP) is 1.92. The Morgan fingerprint density at radius 2 is 2.11 bits per heavy atom. The zero-order chi connectivity index (χ0) is 13.1. The molecule has 0 spiro atoms. The number of likely N-dealkylation sites (tertiary alicyclic amines) is 1. The molecule has 0 aliphatic carbocycles. The van der Waals surface area contributed by atoms with E-state index in [-0.39, 0.29) is 16.8 Å². The van der Waals surface area contributed by atoms with Gasteiger partial charge in [-0.05, 0) is 18.9 Å². The maximum absolute atomic E-state index is 12.1. The molecule has 1 aliphatic heterocycles. The van der Waals surface area contributed by atoms with Gasteiger partial charge >= 0.3 is 0 Å². The van der Waals surface area contributed by atoms with Gasteiger partial charge in [-0.3, -0.25) is 4.79 Å². The van der Waals surface area contributed by atoms with Crippen molar-refractivity contribution in [2.24, 2.45) is 11.7 Å². The Morgan fingerprint density at radius 3 is 2.72 bits per heavy atom. The highest BCUT2D eigenvalue weighted by Gasteiger charge is 2.30. The largest absolute Gasteiger partial charge is 0.393 e. The van der Waals surface area contributed by atoms with Gasteiger partial charge in [0.25, 0.3) is 0 Å². The maximum Gasteiger partial charge on any atom is 0.232 e. The van der Waals surface area contributed by atoms with Gasteiger partial charge in [0.15, 0.2) is 0 Å². The van der Waals surface area contributed by atoms with Crippen molar-refractivity contribution < 1.29 is 4.79 Å². The Bertz CT molecular complexity index is 446. The number of nitrogens with two attached hydrogens (primary N) is 1. The van der Waals surface area contributed by atoms with Gasteiger partial charge in [-0.1, -0.05) is 42.5 Å². The third kappa shape index (κ3) is 2.70. The summed E-state index contributed by atoms with van der Waals surface area (Å²) in [5.41, 5.74) is 6.84. The number of carbonyl (C=O) groups excluding carboxylic acids is 1. The number of amides is 1. The summed E-state index contributed by atoms with van der Waals surface area (Å²) < 4.78 is 0. The summed E-state index contributed by atoms with van der Waals surface area (Å²) in [7, 11) is 0. The van der Waals surface area contributed by atoms with Gasteiger partial charge in [-0.2, -0.15) is 0 Å². The van der Waals surface area contributed by atoms with Crippen LogP contribution in [-0.4, -0.2) is 28.9 Å². The Kier molecular flexibility index (Phi) is 3.97. The molecule has 4 heteroatoms. The van der Waals surface area contributed by atoms with Crippen LogP contribution in [0.3, 0.4) is 0 Å². The van der Waals surface area contributed by atoms with Crippen LogP contribution < -0.4 is 5.73 Å². The highest BCUT2D eigenvalue weighted by molar-refractivity contribution is 7.80. The Morgan fingerprint density at radius 1 is 1.44 bits per heavy atom. The van der Waals surface area contributed by atoms with Crippen LogP contribution in [0.5, 0.6) is 0 Å². The second kappa shape index (κ2) is 5.48. The minimum absolute atomic E-state index is 0.0564. The Hall–Kier alpha value is -1.42. The molecule has 18 heavy (non-hydrogen) atoms. The molecule has 0 bridgehead atoms. The molecule has 1 aromatic rings. The summed E-state index contributed by atoms with van der Waals surface area (Å²) in [4.78, 5) is 14.3. The van der Waals surface area contributed by atoms with Gasteiger partial charge in [0, 0.05) is 19.0 Å². The van der Waals surface area contributed by atoms with E-state index in [1.54, 1.807) is 6.92 Å². The second-order valence-electron chi connectivity index (χ2n) is 4.80.